The normalized spacial score (nSPS) is 33.2. The van der Waals surface area contributed by atoms with Crippen LogP contribution >= 0.6 is 0 Å². The first kappa shape index (κ1) is 12.9. The van der Waals surface area contributed by atoms with Gasteiger partial charge in [-0.2, -0.15) is 0 Å². The lowest BCUT2D eigenvalue weighted by molar-refractivity contribution is 0.0525. The largest absolute Gasteiger partial charge is 0.314 e. The van der Waals surface area contributed by atoms with Gasteiger partial charge in [0.1, 0.15) is 0 Å². The van der Waals surface area contributed by atoms with Crippen LogP contribution in [0.15, 0.2) is 0 Å². The van der Waals surface area contributed by atoms with Crippen LogP contribution in [0.1, 0.15) is 20.3 Å². The summed E-state index contributed by atoms with van der Waals surface area (Å²) in [6, 6.07) is 2.38. The molecular weight excluding hydrogens is 224 g/mol. The number of hydrogen-bond donors (Lipinski definition) is 1. The maximum Gasteiger partial charge on any atom is 0.0346 e. The molecule has 3 heterocycles. The third kappa shape index (κ3) is 2.57. The molecule has 4 nitrogen and oxygen atoms in total. The molecule has 0 spiro atoms. The molecule has 3 rings (SSSR count). The molecule has 0 radical (unpaired) electrons. The van der Waals surface area contributed by atoms with E-state index >= 15 is 0 Å². The number of piperazine rings is 1. The maximum atomic E-state index is 3.38. The molecule has 3 aliphatic rings. The molecule has 1 N–H and O–H groups in total. The van der Waals surface area contributed by atoms with Crippen molar-refractivity contribution in [2.75, 3.05) is 52.4 Å². The van der Waals surface area contributed by atoms with Crippen molar-refractivity contribution in [3.8, 4) is 0 Å². The fourth-order valence-corrected chi connectivity index (χ4v) is 3.53. The van der Waals surface area contributed by atoms with E-state index in [9.17, 15) is 0 Å². The Labute approximate surface area is 111 Å². The second-order valence-electron chi connectivity index (χ2n) is 6.42. The van der Waals surface area contributed by atoms with Gasteiger partial charge in [-0.1, -0.05) is 0 Å². The summed E-state index contributed by atoms with van der Waals surface area (Å²) in [4.78, 5) is 8.06. The predicted octanol–water partition coefficient (Wildman–Crippen LogP) is 0.0585. The Morgan fingerprint density at radius 2 is 1.50 bits per heavy atom. The van der Waals surface area contributed by atoms with E-state index in [4.69, 9.17) is 0 Å². The summed E-state index contributed by atoms with van der Waals surface area (Å²) in [5, 5.41) is 3.38. The van der Waals surface area contributed by atoms with Gasteiger partial charge in [-0.15, -0.1) is 0 Å². The Morgan fingerprint density at radius 3 is 1.94 bits per heavy atom. The zero-order chi connectivity index (χ0) is 12.5. The van der Waals surface area contributed by atoms with Crippen molar-refractivity contribution in [1.29, 1.82) is 0 Å². The first-order chi connectivity index (χ1) is 8.74. The van der Waals surface area contributed by atoms with Crippen molar-refractivity contribution < 1.29 is 0 Å². The number of likely N-dealkylation sites (tertiary alicyclic amines) is 1. The topological polar surface area (TPSA) is 21.8 Å². The third-order valence-corrected chi connectivity index (χ3v) is 5.07. The number of hydrogen-bond acceptors (Lipinski definition) is 4. The Kier molecular flexibility index (Phi) is 3.89. The van der Waals surface area contributed by atoms with Crippen molar-refractivity contribution in [2.24, 2.45) is 0 Å². The summed E-state index contributed by atoms with van der Waals surface area (Å²) in [6.07, 6.45) is 1.38. The molecule has 1 atom stereocenters. The predicted molar refractivity (Wildman–Crippen MR) is 74.9 cm³/mol. The van der Waals surface area contributed by atoms with Gasteiger partial charge in [0, 0.05) is 70.5 Å². The first-order valence-corrected chi connectivity index (χ1v) is 7.67. The van der Waals surface area contributed by atoms with Crippen LogP contribution in [0.3, 0.4) is 0 Å². The van der Waals surface area contributed by atoms with Gasteiger partial charge in [-0.25, -0.2) is 0 Å². The molecule has 3 aliphatic heterocycles. The van der Waals surface area contributed by atoms with Crippen molar-refractivity contribution in [3.05, 3.63) is 0 Å². The molecule has 18 heavy (non-hydrogen) atoms. The van der Waals surface area contributed by atoms with Crippen molar-refractivity contribution in [1.82, 2.24) is 20.0 Å². The standard InChI is InChI=1S/C14H28N4/c1-12(2)18-4-3-13(11-18)16-5-7-17(8-6-16)14-9-15-10-14/h12-15H,3-11H2,1-2H3. The Bertz CT molecular complexity index is 269. The highest BCUT2D eigenvalue weighted by Crippen LogP contribution is 2.20. The third-order valence-electron chi connectivity index (χ3n) is 5.07. The molecule has 0 aromatic carbocycles. The van der Waals surface area contributed by atoms with Crippen molar-refractivity contribution in [2.45, 2.75) is 38.4 Å². The minimum absolute atomic E-state index is 0.720. The van der Waals surface area contributed by atoms with E-state index in [0.717, 1.165) is 18.1 Å². The van der Waals surface area contributed by atoms with Crippen LogP contribution in [0.5, 0.6) is 0 Å². The second-order valence-corrected chi connectivity index (χ2v) is 6.42. The van der Waals surface area contributed by atoms with Gasteiger partial charge in [0.05, 0.1) is 0 Å². The van der Waals surface area contributed by atoms with E-state index < -0.39 is 0 Å². The molecule has 0 aromatic rings. The quantitative estimate of drug-likeness (QED) is 0.767. The van der Waals surface area contributed by atoms with Crippen LogP contribution < -0.4 is 5.32 Å². The Balaban J connectivity index is 1.45. The highest BCUT2D eigenvalue weighted by molar-refractivity contribution is 4.91. The van der Waals surface area contributed by atoms with Crippen LogP contribution in [0, 0.1) is 0 Å². The molecule has 0 aliphatic carbocycles. The molecule has 1 unspecified atom stereocenters. The van der Waals surface area contributed by atoms with Crippen molar-refractivity contribution in [3.63, 3.8) is 0 Å². The lowest BCUT2D eigenvalue weighted by Gasteiger charge is -2.44. The molecule has 0 aromatic heterocycles. The molecule has 0 bridgehead atoms. The van der Waals surface area contributed by atoms with E-state index in [0.29, 0.717) is 0 Å². The first-order valence-electron chi connectivity index (χ1n) is 7.67. The van der Waals surface area contributed by atoms with E-state index in [2.05, 4.69) is 33.9 Å². The monoisotopic (exact) mass is 252 g/mol. The molecule has 3 fully saturated rings. The van der Waals surface area contributed by atoms with Crippen LogP contribution in [-0.4, -0.2) is 85.2 Å². The summed E-state index contributed by atoms with van der Waals surface area (Å²) >= 11 is 0. The van der Waals surface area contributed by atoms with Crippen LogP contribution in [0.2, 0.25) is 0 Å². The molecule has 4 heteroatoms. The minimum Gasteiger partial charge on any atom is -0.314 e. The van der Waals surface area contributed by atoms with E-state index in [1.165, 1.54) is 58.8 Å². The van der Waals surface area contributed by atoms with Gasteiger partial charge in [0.2, 0.25) is 0 Å². The minimum atomic E-state index is 0.720. The van der Waals surface area contributed by atoms with Gasteiger partial charge < -0.3 is 5.32 Å². The number of nitrogens with zero attached hydrogens (tertiary/aromatic N) is 3. The fourth-order valence-electron chi connectivity index (χ4n) is 3.53. The average molecular weight is 252 g/mol. The van der Waals surface area contributed by atoms with Gasteiger partial charge in [-0.05, 0) is 20.3 Å². The molecule has 0 saturated carbocycles. The summed E-state index contributed by atoms with van der Waals surface area (Å²) in [7, 11) is 0. The van der Waals surface area contributed by atoms with E-state index in [1.807, 2.05) is 0 Å². The lowest BCUT2D eigenvalue weighted by Crippen LogP contribution is -2.62. The molecule has 3 saturated heterocycles. The SMILES string of the molecule is CC(C)N1CCC(N2CCN(C3CNC3)CC2)C1. The van der Waals surface area contributed by atoms with Crippen LogP contribution in [0.25, 0.3) is 0 Å². The molecular formula is C14H28N4. The zero-order valence-corrected chi connectivity index (χ0v) is 11.9. The highest BCUT2D eigenvalue weighted by atomic mass is 15.3. The molecule has 104 valence electrons. The van der Waals surface area contributed by atoms with Crippen molar-refractivity contribution >= 4 is 0 Å². The summed E-state index contributed by atoms with van der Waals surface area (Å²) < 4.78 is 0. The maximum absolute atomic E-state index is 3.38. The second kappa shape index (κ2) is 5.45. The average Bonchev–Trinajstić information content (AvgIpc) is 2.77. The van der Waals surface area contributed by atoms with Gasteiger partial charge >= 0.3 is 0 Å². The summed E-state index contributed by atoms with van der Waals surface area (Å²) in [5.41, 5.74) is 0. The van der Waals surface area contributed by atoms with Gasteiger partial charge in [0.25, 0.3) is 0 Å². The zero-order valence-electron chi connectivity index (χ0n) is 11.9. The Morgan fingerprint density at radius 1 is 0.889 bits per heavy atom. The Hall–Kier alpha value is -0.160. The lowest BCUT2D eigenvalue weighted by atomic mass is 10.1. The van der Waals surface area contributed by atoms with E-state index in [1.54, 1.807) is 0 Å². The fraction of sp³-hybridized carbons (Fsp3) is 1.00. The summed E-state index contributed by atoms with van der Waals surface area (Å²) in [6.45, 7) is 14.8. The van der Waals surface area contributed by atoms with Crippen LogP contribution in [0.4, 0.5) is 0 Å². The highest BCUT2D eigenvalue weighted by Gasteiger charge is 2.33. The number of rotatable bonds is 3. The smallest absolute Gasteiger partial charge is 0.0346 e. The molecule has 0 amide bonds. The van der Waals surface area contributed by atoms with Gasteiger partial charge in [0.15, 0.2) is 0 Å². The van der Waals surface area contributed by atoms with E-state index in [-0.39, 0.29) is 0 Å². The van der Waals surface area contributed by atoms with Gasteiger partial charge in [-0.3, -0.25) is 14.7 Å². The van der Waals surface area contributed by atoms with Crippen LogP contribution in [-0.2, 0) is 0 Å². The summed E-state index contributed by atoms with van der Waals surface area (Å²) in [5.74, 6) is 0. The number of nitrogens with one attached hydrogen (secondary N) is 1.